The summed E-state index contributed by atoms with van der Waals surface area (Å²) in [7, 11) is -2.94. The zero-order valence-corrected chi connectivity index (χ0v) is 14.5. The van der Waals surface area contributed by atoms with Crippen LogP contribution in [0.1, 0.15) is 18.4 Å². The number of para-hydroxylation sites is 1. The average molecular weight is 351 g/mol. The molecular formula is C17H22FN3O2S. The molecule has 0 bridgehead atoms. The zero-order chi connectivity index (χ0) is 17.2. The van der Waals surface area contributed by atoms with E-state index in [4.69, 9.17) is 0 Å². The molecule has 0 unspecified atom stereocenters. The van der Waals surface area contributed by atoms with Crippen molar-refractivity contribution in [1.29, 1.82) is 0 Å². The third kappa shape index (κ3) is 4.42. The number of halogens is 1. The Morgan fingerprint density at radius 3 is 2.88 bits per heavy atom. The minimum Gasteiger partial charge on any atom is -0.299 e. The lowest BCUT2D eigenvalue weighted by Gasteiger charge is -2.32. The van der Waals surface area contributed by atoms with Crippen molar-refractivity contribution in [2.75, 3.05) is 25.1 Å². The largest absolute Gasteiger partial charge is 0.299 e. The van der Waals surface area contributed by atoms with E-state index in [2.05, 4.69) is 10.00 Å². The lowest BCUT2D eigenvalue weighted by molar-refractivity contribution is 0.178. The Labute approximate surface area is 142 Å². The van der Waals surface area contributed by atoms with E-state index in [0.29, 0.717) is 12.2 Å². The molecule has 130 valence electrons. The van der Waals surface area contributed by atoms with Gasteiger partial charge in [0.05, 0.1) is 11.9 Å². The summed E-state index contributed by atoms with van der Waals surface area (Å²) >= 11 is 0. The smallest absolute Gasteiger partial charge is 0.148 e. The maximum absolute atomic E-state index is 13.8. The first-order valence-corrected chi connectivity index (χ1v) is 10.2. The van der Waals surface area contributed by atoms with Crippen molar-refractivity contribution in [3.63, 3.8) is 0 Å². The predicted molar refractivity (Wildman–Crippen MR) is 91.2 cm³/mol. The summed E-state index contributed by atoms with van der Waals surface area (Å²) in [6, 6.07) is 6.53. The Hall–Kier alpha value is -1.73. The van der Waals surface area contributed by atoms with Gasteiger partial charge in [-0.2, -0.15) is 5.10 Å². The third-order valence-electron chi connectivity index (χ3n) is 4.28. The molecule has 0 amide bonds. The van der Waals surface area contributed by atoms with Gasteiger partial charge in [-0.05, 0) is 37.4 Å². The predicted octanol–water partition coefficient (Wildman–Crippen LogP) is 2.27. The number of piperidine rings is 1. The van der Waals surface area contributed by atoms with Crippen LogP contribution in [-0.2, 0) is 16.4 Å². The van der Waals surface area contributed by atoms with Crippen LogP contribution in [0.2, 0.25) is 0 Å². The second kappa shape index (κ2) is 7.03. The van der Waals surface area contributed by atoms with Gasteiger partial charge in [0.1, 0.15) is 21.3 Å². The SMILES string of the molecule is CS(=O)(=O)C[C@H]1CCCN(Cc2cnn(-c3ccccc3F)c2)C1. The number of hydrogen-bond acceptors (Lipinski definition) is 4. The molecule has 0 radical (unpaired) electrons. The molecule has 1 saturated heterocycles. The van der Waals surface area contributed by atoms with Crippen LogP contribution in [0.15, 0.2) is 36.7 Å². The summed E-state index contributed by atoms with van der Waals surface area (Å²) in [5.74, 6) is 0.131. The highest BCUT2D eigenvalue weighted by Crippen LogP contribution is 2.20. The monoisotopic (exact) mass is 351 g/mol. The number of benzene rings is 1. The average Bonchev–Trinajstić information content (AvgIpc) is 2.94. The van der Waals surface area contributed by atoms with Gasteiger partial charge in [-0.15, -0.1) is 0 Å². The van der Waals surface area contributed by atoms with Crippen molar-refractivity contribution >= 4 is 9.84 Å². The summed E-state index contributed by atoms with van der Waals surface area (Å²) < 4.78 is 38.3. The fraction of sp³-hybridized carbons (Fsp3) is 0.471. The first-order valence-electron chi connectivity index (χ1n) is 8.09. The van der Waals surface area contributed by atoms with E-state index in [9.17, 15) is 12.8 Å². The van der Waals surface area contributed by atoms with Gasteiger partial charge < -0.3 is 0 Å². The van der Waals surface area contributed by atoms with Gasteiger partial charge in [0.25, 0.3) is 0 Å². The Morgan fingerprint density at radius 2 is 2.12 bits per heavy atom. The topological polar surface area (TPSA) is 55.2 Å². The van der Waals surface area contributed by atoms with Crippen molar-refractivity contribution in [2.45, 2.75) is 19.4 Å². The zero-order valence-electron chi connectivity index (χ0n) is 13.7. The van der Waals surface area contributed by atoms with Gasteiger partial charge in [-0.25, -0.2) is 17.5 Å². The molecule has 0 saturated carbocycles. The van der Waals surface area contributed by atoms with Gasteiger partial charge in [0.15, 0.2) is 0 Å². The van der Waals surface area contributed by atoms with Crippen molar-refractivity contribution < 1.29 is 12.8 Å². The molecule has 3 rings (SSSR count). The number of aromatic nitrogens is 2. The van der Waals surface area contributed by atoms with Crippen LogP contribution in [0.4, 0.5) is 4.39 Å². The van der Waals surface area contributed by atoms with Crippen molar-refractivity contribution in [2.24, 2.45) is 5.92 Å². The molecule has 1 fully saturated rings. The highest BCUT2D eigenvalue weighted by Gasteiger charge is 2.23. The van der Waals surface area contributed by atoms with Crippen LogP contribution in [-0.4, -0.2) is 48.2 Å². The van der Waals surface area contributed by atoms with Gasteiger partial charge in [-0.1, -0.05) is 12.1 Å². The number of likely N-dealkylation sites (tertiary alicyclic amines) is 1. The lowest BCUT2D eigenvalue weighted by Crippen LogP contribution is -2.37. The second-order valence-electron chi connectivity index (χ2n) is 6.58. The Bertz CT molecular complexity index is 804. The Balaban J connectivity index is 1.65. The summed E-state index contributed by atoms with van der Waals surface area (Å²) in [6.07, 6.45) is 6.83. The minimum absolute atomic E-state index is 0.190. The molecular weight excluding hydrogens is 329 g/mol. The molecule has 24 heavy (non-hydrogen) atoms. The van der Waals surface area contributed by atoms with Crippen LogP contribution in [0, 0.1) is 11.7 Å². The van der Waals surface area contributed by atoms with Gasteiger partial charge in [0, 0.05) is 31.1 Å². The fourth-order valence-electron chi connectivity index (χ4n) is 3.33. The summed E-state index contributed by atoms with van der Waals surface area (Å²) in [6.45, 7) is 2.43. The number of nitrogens with zero attached hydrogens (tertiary/aromatic N) is 3. The highest BCUT2D eigenvalue weighted by molar-refractivity contribution is 7.90. The summed E-state index contributed by atoms with van der Waals surface area (Å²) in [4.78, 5) is 2.25. The normalized spacial score (nSPS) is 19.5. The van der Waals surface area contributed by atoms with Gasteiger partial charge in [0.2, 0.25) is 0 Å². The summed E-state index contributed by atoms with van der Waals surface area (Å²) in [5, 5.41) is 4.25. The molecule has 0 aliphatic carbocycles. The van der Waals surface area contributed by atoms with Crippen LogP contribution >= 0.6 is 0 Å². The third-order valence-corrected chi connectivity index (χ3v) is 5.36. The first-order chi connectivity index (χ1) is 11.4. The van der Waals surface area contributed by atoms with E-state index in [0.717, 1.165) is 31.5 Å². The maximum atomic E-state index is 13.8. The van der Waals surface area contributed by atoms with Crippen LogP contribution in [0.5, 0.6) is 0 Å². The lowest BCUT2D eigenvalue weighted by atomic mass is 10.00. The number of rotatable bonds is 5. The highest BCUT2D eigenvalue weighted by atomic mass is 32.2. The van der Waals surface area contributed by atoms with Crippen LogP contribution < -0.4 is 0 Å². The van der Waals surface area contributed by atoms with Gasteiger partial charge in [-0.3, -0.25) is 4.90 Å². The molecule has 2 heterocycles. The molecule has 0 N–H and O–H groups in total. The summed E-state index contributed by atoms with van der Waals surface area (Å²) in [5.41, 5.74) is 1.43. The van der Waals surface area contributed by atoms with Crippen molar-refractivity contribution in [3.05, 3.63) is 48.0 Å². The molecule has 2 aromatic rings. The van der Waals surface area contributed by atoms with E-state index in [1.54, 1.807) is 29.1 Å². The van der Waals surface area contributed by atoms with E-state index >= 15 is 0 Å². The standard InChI is InChI=1S/C17H22FN3O2S/c1-24(22,23)13-14-5-4-8-20(10-14)11-15-9-19-21(12-15)17-7-3-2-6-16(17)18/h2-3,6-7,9,12,14H,4-5,8,10-11,13H2,1H3/t14-/m0/s1. The van der Waals surface area contributed by atoms with E-state index in [1.807, 2.05) is 6.20 Å². The molecule has 1 aromatic heterocycles. The number of sulfone groups is 1. The van der Waals surface area contributed by atoms with E-state index in [1.165, 1.54) is 12.3 Å². The molecule has 0 spiro atoms. The molecule has 5 nitrogen and oxygen atoms in total. The Morgan fingerprint density at radius 1 is 1.33 bits per heavy atom. The molecule has 1 aliphatic heterocycles. The number of hydrogen-bond donors (Lipinski definition) is 0. The van der Waals surface area contributed by atoms with E-state index < -0.39 is 9.84 Å². The molecule has 1 aliphatic rings. The van der Waals surface area contributed by atoms with Crippen LogP contribution in [0.25, 0.3) is 5.69 Å². The molecule has 7 heteroatoms. The van der Waals surface area contributed by atoms with Crippen molar-refractivity contribution in [1.82, 2.24) is 14.7 Å². The molecule has 1 atom stereocenters. The van der Waals surface area contributed by atoms with Crippen molar-refractivity contribution in [3.8, 4) is 5.69 Å². The Kier molecular flexibility index (Phi) is 5.01. The minimum atomic E-state index is -2.94. The molecule has 1 aromatic carbocycles. The van der Waals surface area contributed by atoms with Gasteiger partial charge >= 0.3 is 0 Å². The van der Waals surface area contributed by atoms with E-state index in [-0.39, 0.29) is 17.5 Å². The quantitative estimate of drug-likeness (QED) is 0.829. The maximum Gasteiger partial charge on any atom is 0.148 e. The second-order valence-corrected chi connectivity index (χ2v) is 8.77. The fourth-order valence-corrected chi connectivity index (χ4v) is 4.46. The van der Waals surface area contributed by atoms with Crippen LogP contribution in [0.3, 0.4) is 0 Å². The first kappa shape index (κ1) is 17.1.